The van der Waals surface area contributed by atoms with Crippen LogP contribution in [0.1, 0.15) is 6.92 Å². The summed E-state index contributed by atoms with van der Waals surface area (Å²) in [6, 6.07) is 12.1. The van der Waals surface area contributed by atoms with Gasteiger partial charge in [-0.3, -0.25) is 4.79 Å². The van der Waals surface area contributed by atoms with Gasteiger partial charge in [-0.2, -0.15) is 0 Å². The first kappa shape index (κ1) is 19.8. The topological polar surface area (TPSA) is 85.8 Å². The van der Waals surface area contributed by atoms with Gasteiger partial charge in [-0.15, -0.1) is 10.2 Å². The molecule has 0 fully saturated rings. The number of aromatic nitrogens is 3. The third-order valence-electron chi connectivity index (χ3n) is 3.63. The molecule has 1 unspecified atom stereocenters. The van der Waals surface area contributed by atoms with Crippen molar-refractivity contribution in [2.45, 2.75) is 17.3 Å². The predicted molar refractivity (Wildman–Crippen MR) is 111 cm³/mol. The smallest absolute Gasteiger partial charge is 0.237 e. The molecule has 0 spiro atoms. The van der Waals surface area contributed by atoms with Crippen molar-refractivity contribution >= 4 is 58.2 Å². The molecule has 1 atom stereocenters. The van der Waals surface area contributed by atoms with Crippen LogP contribution in [0.2, 0.25) is 15.1 Å². The lowest BCUT2D eigenvalue weighted by atomic mass is 10.2. The summed E-state index contributed by atoms with van der Waals surface area (Å²) in [5.74, 6) is 6.27. The molecule has 3 aromatic rings. The van der Waals surface area contributed by atoms with E-state index in [0.717, 1.165) is 5.56 Å². The Morgan fingerprint density at radius 3 is 2.37 bits per heavy atom. The molecule has 10 heteroatoms. The Morgan fingerprint density at radius 2 is 1.74 bits per heavy atom. The normalized spacial score (nSPS) is 12.0. The zero-order valence-corrected chi connectivity index (χ0v) is 17.1. The van der Waals surface area contributed by atoms with Gasteiger partial charge in [0.05, 0.1) is 21.0 Å². The van der Waals surface area contributed by atoms with Crippen molar-refractivity contribution in [3.05, 3.63) is 57.5 Å². The molecule has 6 nitrogen and oxygen atoms in total. The van der Waals surface area contributed by atoms with Gasteiger partial charge in [0.1, 0.15) is 0 Å². The second-order valence-corrected chi connectivity index (χ2v) is 8.09. The highest BCUT2D eigenvalue weighted by Gasteiger charge is 2.21. The zero-order chi connectivity index (χ0) is 19.6. The van der Waals surface area contributed by atoms with Crippen molar-refractivity contribution in [2.24, 2.45) is 0 Å². The van der Waals surface area contributed by atoms with E-state index in [0.29, 0.717) is 31.7 Å². The van der Waals surface area contributed by atoms with Crippen LogP contribution in [0.4, 0.5) is 5.69 Å². The quantitative estimate of drug-likeness (QED) is 0.440. The van der Waals surface area contributed by atoms with Crippen LogP contribution in [-0.4, -0.2) is 26.0 Å². The van der Waals surface area contributed by atoms with Crippen LogP contribution < -0.4 is 11.2 Å². The van der Waals surface area contributed by atoms with E-state index in [1.807, 2.05) is 0 Å². The largest absolute Gasteiger partial charge is 0.335 e. The van der Waals surface area contributed by atoms with Crippen molar-refractivity contribution in [2.75, 3.05) is 11.2 Å². The number of carbonyl (C=O) groups excluding carboxylic acids is 1. The molecule has 3 rings (SSSR count). The molecule has 0 saturated heterocycles. The molecule has 2 aromatic carbocycles. The number of halogens is 3. The molecule has 1 amide bonds. The number of rotatable bonds is 5. The molecule has 3 N–H and O–H groups in total. The fourth-order valence-corrected chi connectivity index (χ4v) is 3.60. The Labute approximate surface area is 175 Å². The van der Waals surface area contributed by atoms with Crippen molar-refractivity contribution in [1.29, 1.82) is 0 Å². The molecule has 1 heterocycles. The number of thioether (sulfide) groups is 1. The molecule has 0 radical (unpaired) electrons. The minimum Gasteiger partial charge on any atom is -0.335 e. The number of amides is 1. The summed E-state index contributed by atoms with van der Waals surface area (Å²) in [6.07, 6.45) is 0. The molecule has 0 bridgehead atoms. The molecular formula is C17H14Cl3N5OS. The number of hydrogen-bond acceptors (Lipinski definition) is 5. The summed E-state index contributed by atoms with van der Waals surface area (Å²) in [4.78, 5) is 12.5. The maximum atomic E-state index is 12.5. The Kier molecular flexibility index (Phi) is 6.16. The number of nitrogens with zero attached hydrogens (tertiary/aromatic N) is 3. The van der Waals surface area contributed by atoms with E-state index in [-0.39, 0.29) is 5.91 Å². The summed E-state index contributed by atoms with van der Waals surface area (Å²) in [7, 11) is 0. The number of hydrogen-bond donors (Lipinski definition) is 2. The number of nitrogen functional groups attached to an aromatic ring is 1. The van der Waals surface area contributed by atoms with Gasteiger partial charge < -0.3 is 11.2 Å². The number of nitrogens with two attached hydrogens (primary N) is 1. The van der Waals surface area contributed by atoms with Crippen LogP contribution in [0.5, 0.6) is 0 Å². The van der Waals surface area contributed by atoms with Gasteiger partial charge in [-0.1, -0.05) is 52.6 Å². The monoisotopic (exact) mass is 441 g/mol. The van der Waals surface area contributed by atoms with Gasteiger partial charge in [0, 0.05) is 10.6 Å². The molecule has 0 saturated carbocycles. The molecule has 0 aliphatic carbocycles. The highest BCUT2D eigenvalue weighted by Crippen LogP contribution is 2.31. The third kappa shape index (κ3) is 4.50. The predicted octanol–water partition coefficient (Wildman–Crippen LogP) is 4.74. The van der Waals surface area contributed by atoms with Crippen molar-refractivity contribution in [3.63, 3.8) is 0 Å². The van der Waals surface area contributed by atoms with E-state index >= 15 is 0 Å². The molecule has 27 heavy (non-hydrogen) atoms. The van der Waals surface area contributed by atoms with Crippen molar-refractivity contribution in [3.8, 4) is 11.4 Å². The number of anilines is 1. The lowest BCUT2D eigenvalue weighted by Crippen LogP contribution is -2.24. The second-order valence-electron chi connectivity index (χ2n) is 5.53. The van der Waals surface area contributed by atoms with Gasteiger partial charge >= 0.3 is 0 Å². The van der Waals surface area contributed by atoms with Gasteiger partial charge in [0.15, 0.2) is 5.82 Å². The highest BCUT2D eigenvalue weighted by atomic mass is 35.5. The zero-order valence-electron chi connectivity index (χ0n) is 14.0. The standard InChI is InChI=1S/C17H14Cl3N5OS/c1-9(16(26)22-14-12(19)3-2-4-13(14)20)27-17-24-23-15(25(17)21)10-5-7-11(18)8-6-10/h2-9H,21H2,1H3,(H,22,26). The molecule has 140 valence electrons. The fraction of sp³-hybridized carbons (Fsp3) is 0.118. The van der Waals surface area contributed by atoms with Crippen molar-refractivity contribution in [1.82, 2.24) is 14.9 Å². The summed E-state index contributed by atoms with van der Waals surface area (Å²) < 4.78 is 1.33. The van der Waals surface area contributed by atoms with Crippen molar-refractivity contribution < 1.29 is 4.79 Å². The average molecular weight is 443 g/mol. The maximum Gasteiger partial charge on any atom is 0.237 e. The number of para-hydroxylation sites is 1. The van der Waals surface area contributed by atoms with Crippen LogP contribution >= 0.6 is 46.6 Å². The Balaban J connectivity index is 1.73. The summed E-state index contributed by atoms with van der Waals surface area (Å²) >= 11 is 19.2. The Hall–Kier alpha value is -1.93. The molecular weight excluding hydrogens is 429 g/mol. The van der Waals surface area contributed by atoms with Crippen LogP contribution in [0, 0.1) is 0 Å². The van der Waals surface area contributed by atoms with E-state index in [1.165, 1.54) is 16.4 Å². The second kappa shape index (κ2) is 8.39. The molecule has 1 aromatic heterocycles. The van der Waals surface area contributed by atoms with E-state index in [2.05, 4.69) is 15.5 Å². The van der Waals surface area contributed by atoms with E-state index < -0.39 is 5.25 Å². The lowest BCUT2D eigenvalue weighted by molar-refractivity contribution is -0.115. The first-order chi connectivity index (χ1) is 12.9. The lowest BCUT2D eigenvalue weighted by Gasteiger charge is -2.13. The maximum absolute atomic E-state index is 12.5. The molecule has 0 aliphatic heterocycles. The minimum atomic E-state index is -0.512. The fourth-order valence-electron chi connectivity index (χ4n) is 2.21. The SMILES string of the molecule is CC(Sc1nnc(-c2ccc(Cl)cc2)n1N)C(=O)Nc1c(Cl)cccc1Cl. The first-order valence-corrected chi connectivity index (χ1v) is 9.76. The van der Waals surface area contributed by atoms with Gasteiger partial charge in [-0.05, 0) is 43.3 Å². The van der Waals surface area contributed by atoms with E-state index in [4.69, 9.17) is 40.6 Å². The van der Waals surface area contributed by atoms with Crippen LogP contribution in [0.15, 0.2) is 47.6 Å². The number of carbonyl (C=O) groups is 1. The summed E-state index contributed by atoms with van der Waals surface area (Å²) in [6.45, 7) is 1.72. The van der Waals surface area contributed by atoms with E-state index in [9.17, 15) is 4.79 Å². The van der Waals surface area contributed by atoms with Crippen LogP contribution in [-0.2, 0) is 4.79 Å². The van der Waals surface area contributed by atoms with Crippen LogP contribution in [0.3, 0.4) is 0 Å². The summed E-state index contributed by atoms with van der Waals surface area (Å²) in [5, 5.41) is 12.1. The summed E-state index contributed by atoms with van der Waals surface area (Å²) in [5.41, 5.74) is 1.13. The molecule has 0 aliphatic rings. The Bertz CT molecular complexity index is 957. The van der Waals surface area contributed by atoms with Gasteiger partial charge in [0.25, 0.3) is 0 Å². The van der Waals surface area contributed by atoms with E-state index in [1.54, 1.807) is 49.4 Å². The third-order valence-corrected chi connectivity index (χ3v) is 5.57. The Morgan fingerprint density at radius 1 is 1.11 bits per heavy atom. The average Bonchev–Trinajstić information content (AvgIpc) is 2.99. The van der Waals surface area contributed by atoms with Crippen LogP contribution in [0.25, 0.3) is 11.4 Å². The van der Waals surface area contributed by atoms with Gasteiger partial charge in [-0.25, -0.2) is 4.68 Å². The number of nitrogens with one attached hydrogen (secondary N) is 1. The highest BCUT2D eigenvalue weighted by molar-refractivity contribution is 8.00. The number of benzene rings is 2. The van der Waals surface area contributed by atoms with Gasteiger partial charge in [0.2, 0.25) is 11.1 Å². The first-order valence-electron chi connectivity index (χ1n) is 7.74. The minimum absolute atomic E-state index is 0.286.